The topological polar surface area (TPSA) is 76.5 Å². The molecule has 2 heterocycles. The summed E-state index contributed by atoms with van der Waals surface area (Å²) in [6.45, 7) is 0.772. The van der Waals surface area contributed by atoms with Crippen LogP contribution in [-0.4, -0.2) is 40.1 Å². The number of methoxy groups -OCH3 is 1. The predicted molar refractivity (Wildman–Crippen MR) is 118 cm³/mol. The molecule has 0 saturated carbocycles. The van der Waals surface area contributed by atoms with Crippen LogP contribution < -0.4 is 10.1 Å². The summed E-state index contributed by atoms with van der Waals surface area (Å²) in [6.07, 6.45) is 2.96. The van der Waals surface area contributed by atoms with Crippen LogP contribution in [-0.2, 0) is 29.6 Å². The van der Waals surface area contributed by atoms with E-state index in [2.05, 4.69) is 10.4 Å². The van der Waals surface area contributed by atoms with Crippen LogP contribution in [0.15, 0.2) is 60.8 Å². The predicted octanol–water partition coefficient (Wildman–Crippen LogP) is 3.13. The second kappa shape index (κ2) is 9.04. The maximum Gasteiger partial charge on any atom is 0.235 e. The molecule has 0 unspecified atom stereocenters. The zero-order chi connectivity index (χ0) is 21.8. The van der Waals surface area contributed by atoms with Gasteiger partial charge in [0.2, 0.25) is 11.8 Å². The first kappa shape index (κ1) is 20.7. The van der Waals surface area contributed by atoms with Crippen molar-refractivity contribution in [3.05, 3.63) is 77.6 Å². The molecule has 1 N–H and O–H groups in total. The van der Waals surface area contributed by atoms with Gasteiger partial charge in [0.25, 0.3) is 0 Å². The van der Waals surface area contributed by atoms with Gasteiger partial charge in [0.15, 0.2) is 0 Å². The molecule has 1 aliphatic heterocycles. The van der Waals surface area contributed by atoms with E-state index in [1.54, 1.807) is 28.8 Å². The quantitative estimate of drug-likeness (QED) is 0.667. The van der Waals surface area contributed by atoms with Gasteiger partial charge in [-0.1, -0.05) is 42.5 Å². The lowest BCUT2D eigenvalue weighted by Gasteiger charge is -2.31. The van der Waals surface area contributed by atoms with E-state index in [0.717, 1.165) is 16.8 Å². The van der Waals surface area contributed by atoms with Crippen molar-refractivity contribution < 1.29 is 14.3 Å². The van der Waals surface area contributed by atoms with E-state index in [1.165, 1.54) is 0 Å². The van der Waals surface area contributed by atoms with Crippen molar-refractivity contribution in [2.45, 2.75) is 25.3 Å². The Morgan fingerprint density at radius 1 is 1.13 bits per heavy atom. The smallest absolute Gasteiger partial charge is 0.235 e. The van der Waals surface area contributed by atoms with Crippen molar-refractivity contribution in [3.63, 3.8) is 0 Å². The molecular formula is C24H26N4O3. The third-order valence-electron chi connectivity index (χ3n) is 5.54. The molecule has 4 rings (SSSR count). The lowest BCUT2D eigenvalue weighted by molar-refractivity contribution is -0.133. The summed E-state index contributed by atoms with van der Waals surface area (Å²) in [6, 6.07) is 17.2. The van der Waals surface area contributed by atoms with Crippen LogP contribution in [0.1, 0.15) is 29.2 Å². The summed E-state index contributed by atoms with van der Waals surface area (Å²) in [5.41, 5.74) is 3.35. The second-order valence-corrected chi connectivity index (χ2v) is 7.72. The number of hydrogen-bond donors (Lipinski definition) is 1. The third kappa shape index (κ3) is 4.60. The number of hydrogen-bond acceptors (Lipinski definition) is 4. The van der Waals surface area contributed by atoms with E-state index in [1.807, 2.05) is 55.7 Å². The van der Waals surface area contributed by atoms with Crippen molar-refractivity contribution in [2.75, 3.05) is 19.0 Å². The molecule has 1 aliphatic rings. The molecule has 2 aromatic carbocycles. The van der Waals surface area contributed by atoms with Crippen LogP contribution in [0.25, 0.3) is 0 Å². The second-order valence-electron chi connectivity index (χ2n) is 7.72. The molecule has 2 amide bonds. The summed E-state index contributed by atoms with van der Waals surface area (Å²) in [5.74, 6) is -0.127. The minimum absolute atomic E-state index is 0.0356. The molecule has 0 aliphatic carbocycles. The first-order chi connectivity index (χ1) is 15.0. The van der Waals surface area contributed by atoms with Crippen LogP contribution in [0.3, 0.4) is 0 Å². The van der Waals surface area contributed by atoms with Gasteiger partial charge >= 0.3 is 0 Å². The molecule has 31 heavy (non-hydrogen) atoms. The van der Waals surface area contributed by atoms with E-state index < -0.39 is 5.92 Å². The number of nitrogens with one attached hydrogen (secondary N) is 1. The highest BCUT2D eigenvalue weighted by Gasteiger charge is 2.35. The molecule has 3 aromatic rings. The first-order valence-corrected chi connectivity index (χ1v) is 10.3. The van der Waals surface area contributed by atoms with Crippen LogP contribution in [0, 0.1) is 0 Å². The third-order valence-corrected chi connectivity index (χ3v) is 5.54. The molecule has 0 fully saturated rings. The number of anilines is 1. The molecule has 1 aromatic heterocycles. The summed E-state index contributed by atoms with van der Waals surface area (Å²) in [4.78, 5) is 27.9. The largest absolute Gasteiger partial charge is 0.495 e. The van der Waals surface area contributed by atoms with Crippen LogP contribution >= 0.6 is 0 Å². The fraction of sp³-hybridized carbons (Fsp3) is 0.292. The molecule has 0 saturated heterocycles. The molecule has 0 bridgehead atoms. The number of aryl methyl sites for hydroxylation is 2. The van der Waals surface area contributed by atoms with Crippen molar-refractivity contribution in [1.82, 2.24) is 14.7 Å². The zero-order valence-corrected chi connectivity index (χ0v) is 17.7. The lowest BCUT2D eigenvalue weighted by Crippen LogP contribution is -2.42. The first-order valence-electron chi connectivity index (χ1n) is 10.3. The molecule has 0 spiro atoms. The van der Waals surface area contributed by atoms with Gasteiger partial charge in [-0.15, -0.1) is 0 Å². The van der Waals surface area contributed by atoms with Gasteiger partial charge in [0.1, 0.15) is 11.7 Å². The van der Waals surface area contributed by atoms with Gasteiger partial charge in [-0.25, -0.2) is 0 Å². The maximum atomic E-state index is 13.2. The summed E-state index contributed by atoms with van der Waals surface area (Å²) in [5, 5.41) is 7.46. The van der Waals surface area contributed by atoms with E-state index >= 15 is 0 Å². The van der Waals surface area contributed by atoms with Crippen LogP contribution in [0.4, 0.5) is 5.69 Å². The number of benzene rings is 2. The Hall–Kier alpha value is -3.61. The lowest BCUT2D eigenvalue weighted by atomic mass is 9.95. The number of para-hydroxylation sites is 2. The SMILES string of the molecule is COc1ccccc1NC(=O)[C@@H]1CN(C(=O)CCc2ccccc2)Cc2cn(C)nc21. The Bertz CT molecular complexity index is 1080. The van der Waals surface area contributed by atoms with E-state index in [0.29, 0.717) is 37.4 Å². The standard InChI is InChI=1S/C24H26N4O3/c1-27-14-18-15-28(22(29)13-12-17-8-4-3-5-9-17)16-19(23(18)26-27)24(30)25-20-10-6-7-11-21(20)31-2/h3-11,14,19H,12-13,15-16H2,1-2H3,(H,25,30)/t19-/m1/s1. The van der Waals surface area contributed by atoms with Crippen molar-refractivity contribution >= 4 is 17.5 Å². The molecule has 160 valence electrons. The summed E-state index contributed by atoms with van der Waals surface area (Å²) >= 11 is 0. The van der Waals surface area contributed by atoms with E-state index in [9.17, 15) is 9.59 Å². The summed E-state index contributed by atoms with van der Waals surface area (Å²) < 4.78 is 7.04. The van der Waals surface area contributed by atoms with Crippen molar-refractivity contribution in [1.29, 1.82) is 0 Å². The van der Waals surface area contributed by atoms with Gasteiger partial charge in [0, 0.05) is 38.3 Å². The number of rotatable bonds is 6. The van der Waals surface area contributed by atoms with Gasteiger partial charge in [-0.2, -0.15) is 5.10 Å². The zero-order valence-electron chi connectivity index (χ0n) is 17.7. The van der Waals surface area contributed by atoms with Gasteiger partial charge in [0.05, 0.1) is 18.5 Å². The number of carbonyl (C=O) groups is 2. The minimum Gasteiger partial charge on any atom is -0.495 e. The summed E-state index contributed by atoms with van der Waals surface area (Å²) in [7, 11) is 3.39. The average molecular weight is 418 g/mol. The Morgan fingerprint density at radius 2 is 1.87 bits per heavy atom. The Balaban J connectivity index is 1.51. The number of fused-ring (bicyclic) bond motifs is 1. The highest BCUT2D eigenvalue weighted by atomic mass is 16.5. The normalized spacial score (nSPS) is 15.3. The average Bonchev–Trinajstić information content (AvgIpc) is 3.17. The highest BCUT2D eigenvalue weighted by Crippen LogP contribution is 2.30. The highest BCUT2D eigenvalue weighted by molar-refractivity contribution is 5.97. The van der Waals surface area contributed by atoms with E-state index in [4.69, 9.17) is 4.74 Å². The van der Waals surface area contributed by atoms with Gasteiger partial charge in [-0.3, -0.25) is 14.3 Å². The number of nitrogens with zero attached hydrogens (tertiary/aromatic N) is 3. The Labute approximate surface area is 181 Å². The van der Waals surface area contributed by atoms with Crippen LogP contribution in [0.5, 0.6) is 5.75 Å². The number of carbonyl (C=O) groups excluding carboxylic acids is 2. The van der Waals surface area contributed by atoms with Crippen molar-refractivity contribution in [2.24, 2.45) is 7.05 Å². The fourth-order valence-electron chi connectivity index (χ4n) is 3.97. The van der Waals surface area contributed by atoms with Gasteiger partial charge < -0.3 is 15.0 Å². The minimum atomic E-state index is -0.546. The molecule has 0 radical (unpaired) electrons. The number of aromatic nitrogens is 2. The monoisotopic (exact) mass is 418 g/mol. The molecular weight excluding hydrogens is 392 g/mol. The molecule has 7 heteroatoms. The van der Waals surface area contributed by atoms with E-state index in [-0.39, 0.29) is 11.8 Å². The number of ether oxygens (including phenoxy) is 1. The Morgan fingerprint density at radius 3 is 2.65 bits per heavy atom. The number of amides is 2. The Kier molecular flexibility index (Phi) is 6.02. The van der Waals surface area contributed by atoms with Crippen molar-refractivity contribution in [3.8, 4) is 5.75 Å². The molecule has 7 nitrogen and oxygen atoms in total. The fourth-order valence-corrected chi connectivity index (χ4v) is 3.97. The molecule has 1 atom stereocenters. The van der Waals surface area contributed by atoms with Gasteiger partial charge in [-0.05, 0) is 24.1 Å². The maximum absolute atomic E-state index is 13.2. The van der Waals surface area contributed by atoms with Crippen LogP contribution in [0.2, 0.25) is 0 Å².